The molecule has 0 bridgehead atoms. The van der Waals surface area contributed by atoms with E-state index in [-0.39, 0.29) is 11.8 Å². The zero-order valence-corrected chi connectivity index (χ0v) is 17.4. The summed E-state index contributed by atoms with van der Waals surface area (Å²) in [5.41, 5.74) is 2.21. The summed E-state index contributed by atoms with van der Waals surface area (Å²) >= 11 is 0. The van der Waals surface area contributed by atoms with Crippen LogP contribution in [-0.2, 0) is 17.9 Å². The van der Waals surface area contributed by atoms with Gasteiger partial charge in [-0.05, 0) is 37.3 Å². The summed E-state index contributed by atoms with van der Waals surface area (Å²) in [6.45, 7) is 6.98. The zero-order valence-electron chi connectivity index (χ0n) is 17.4. The summed E-state index contributed by atoms with van der Waals surface area (Å²) in [5, 5.41) is 10.6. The molecule has 0 heterocycles. The number of hydrogen-bond acceptors (Lipinski definition) is 2. The van der Waals surface area contributed by atoms with E-state index in [0.717, 1.165) is 24.0 Å². The van der Waals surface area contributed by atoms with Crippen LogP contribution in [0.1, 0.15) is 43.7 Å². The molecule has 2 aromatic carbocycles. The molecule has 0 radical (unpaired) electrons. The minimum Gasteiger partial charge on any atom is -0.393 e. The molecule has 0 aliphatic rings. The van der Waals surface area contributed by atoms with Gasteiger partial charge in [-0.15, -0.1) is 6.58 Å². The Morgan fingerprint density at radius 2 is 1.55 bits per heavy atom. The first-order chi connectivity index (χ1) is 14.1. The number of aliphatic hydroxyl groups excluding tert-OH is 1. The van der Waals surface area contributed by atoms with Crippen LogP contribution < -0.4 is 0 Å². The van der Waals surface area contributed by atoms with Gasteiger partial charge in [-0.1, -0.05) is 78.9 Å². The Morgan fingerprint density at radius 1 is 1.00 bits per heavy atom. The summed E-state index contributed by atoms with van der Waals surface area (Å²) < 4.78 is 0. The van der Waals surface area contributed by atoms with Crippen molar-refractivity contribution in [1.29, 1.82) is 0 Å². The van der Waals surface area contributed by atoms with Crippen LogP contribution in [0.3, 0.4) is 0 Å². The van der Waals surface area contributed by atoms with Crippen LogP contribution in [0.25, 0.3) is 0 Å². The highest BCUT2D eigenvalue weighted by Crippen LogP contribution is 2.19. The molecule has 29 heavy (non-hydrogen) atoms. The average Bonchev–Trinajstić information content (AvgIpc) is 2.76. The van der Waals surface area contributed by atoms with Crippen molar-refractivity contribution in [1.82, 2.24) is 4.90 Å². The van der Waals surface area contributed by atoms with Crippen molar-refractivity contribution >= 4 is 5.91 Å². The molecule has 0 saturated carbocycles. The maximum Gasteiger partial charge on any atom is 0.223 e. The van der Waals surface area contributed by atoms with Crippen LogP contribution in [0, 0.1) is 5.92 Å². The molecule has 0 spiro atoms. The minimum absolute atomic E-state index is 0.00990. The minimum atomic E-state index is -0.544. The van der Waals surface area contributed by atoms with Crippen LogP contribution in [0.5, 0.6) is 0 Å². The molecule has 2 rings (SSSR count). The Bertz CT molecular complexity index is 713. The smallest absolute Gasteiger partial charge is 0.223 e. The summed E-state index contributed by atoms with van der Waals surface area (Å²) in [5.74, 6) is 0.0729. The van der Waals surface area contributed by atoms with Crippen molar-refractivity contribution in [3.8, 4) is 0 Å². The Hall–Kier alpha value is -2.65. The van der Waals surface area contributed by atoms with Gasteiger partial charge in [-0.2, -0.15) is 0 Å². The lowest BCUT2D eigenvalue weighted by Gasteiger charge is -2.25. The van der Waals surface area contributed by atoms with Gasteiger partial charge in [0.05, 0.1) is 6.10 Å². The zero-order chi connectivity index (χ0) is 20.9. The molecule has 0 fully saturated rings. The van der Waals surface area contributed by atoms with Crippen LogP contribution in [0.4, 0.5) is 0 Å². The maximum atomic E-state index is 13.0. The van der Waals surface area contributed by atoms with E-state index in [4.69, 9.17) is 0 Å². The van der Waals surface area contributed by atoms with Crippen molar-refractivity contribution in [3.63, 3.8) is 0 Å². The topological polar surface area (TPSA) is 40.5 Å². The number of rotatable bonds is 12. The molecule has 3 heteroatoms. The van der Waals surface area contributed by atoms with Gasteiger partial charge >= 0.3 is 0 Å². The van der Waals surface area contributed by atoms with E-state index in [1.54, 1.807) is 0 Å². The molecule has 1 N–H and O–H groups in total. The molecule has 154 valence electrons. The predicted molar refractivity (Wildman–Crippen MR) is 120 cm³/mol. The first kappa shape index (κ1) is 22.6. The largest absolute Gasteiger partial charge is 0.393 e. The van der Waals surface area contributed by atoms with Gasteiger partial charge in [0.15, 0.2) is 0 Å². The van der Waals surface area contributed by atoms with Crippen LogP contribution in [0.2, 0.25) is 0 Å². The fraction of sp³-hybridized carbons (Fsp3) is 0.346. The summed E-state index contributed by atoms with van der Waals surface area (Å²) in [7, 11) is 0. The summed E-state index contributed by atoms with van der Waals surface area (Å²) in [6, 6.07) is 20.1. The monoisotopic (exact) mass is 391 g/mol. The predicted octanol–water partition coefficient (Wildman–Crippen LogP) is 5.52. The third-order valence-electron chi connectivity index (χ3n) is 5.14. The van der Waals surface area contributed by atoms with Crippen molar-refractivity contribution in [2.45, 2.75) is 51.8 Å². The number of carbonyl (C=O) groups excluding carboxylic acids is 1. The lowest BCUT2D eigenvalue weighted by molar-refractivity contribution is -0.133. The quantitative estimate of drug-likeness (QED) is 0.484. The lowest BCUT2D eigenvalue weighted by atomic mass is 9.93. The number of hydrogen-bond donors (Lipinski definition) is 1. The molecule has 0 unspecified atom stereocenters. The average molecular weight is 392 g/mol. The van der Waals surface area contributed by atoms with E-state index in [1.165, 1.54) is 0 Å². The second-order valence-electron chi connectivity index (χ2n) is 7.37. The third-order valence-corrected chi connectivity index (χ3v) is 5.14. The maximum absolute atomic E-state index is 13.0. The molecule has 2 atom stereocenters. The van der Waals surface area contributed by atoms with Crippen LogP contribution in [0.15, 0.2) is 85.5 Å². The van der Waals surface area contributed by atoms with E-state index in [2.05, 4.69) is 12.7 Å². The standard InChI is InChI=1S/C26H33NO2/c1-3-5-8-17-24(4-2)25(28)18-19-26(29)27(20-22-13-9-6-10-14-22)21-23-15-11-7-12-16-23/h3-7,9-16,24-25,28H,2,8,17-21H2,1H3/b5-3+/t24-,25-/m1/s1. The lowest BCUT2D eigenvalue weighted by Crippen LogP contribution is -2.31. The molecular formula is C26H33NO2. The SMILES string of the molecule is C=C[C@H](CC/C=C/C)[C@H](O)CCC(=O)N(Cc1ccccc1)Cc1ccccc1. The molecular weight excluding hydrogens is 358 g/mol. The van der Waals surface area contributed by atoms with Gasteiger partial charge < -0.3 is 10.0 Å². The molecule has 1 amide bonds. The number of amides is 1. The number of allylic oxidation sites excluding steroid dienone is 2. The number of carbonyl (C=O) groups is 1. The third kappa shape index (κ3) is 8.08. The van der Waals surface area contributed by atoms with Crippen LogP contribution in [-0.4, -0.2) is 22.0 Å². The first-order valence-electron chi connectivity index (χ1n) is 10.4. The Morgan fingerprint density at radius 3 is 2.03 bits per heavy atom. The Labute approximate surface area is 175 Å². The van der Waals surface area contributed by atoms with Crippen molar-refractivity contribution in [2.75, 3.05) is 0 Å². The highest BCUT2D eigenvalue weighted by atomic mass is 16.3. The molecule has 2 aromatic rings. The molecule has 0 aliphatic heterocycles. The summed E-state index contributed by atoms with van der Waals surface area (Å²) in [4.78, 5) is 14.9. The molecule has 0 aliphatic carbocycles. The second kappa shape index (κ2) is 12.7. The van der Waals surface area contributed by atoms with Crippen molar-refractivity contribution < 1.29 is 9.90 Å². The molecule has 3 nitrogen and oxygen atoms in total. The highest BCUT2D eigenvalue weighted by Gasteiger charge is 2.20. The molecule has 0 saturated heterocycles. The highest BCUT2D eigenvalue weighted by molar-refractivity contribution is 5.76. The van der Waals surface area contributed by atoms with E-state index in [0.29, 0.717) is 25.9 Å². The summed E-state index contributed by atoms with van der Waals surface area (Å²) in [6.07, 6.45) is 7.91. The second-order valence-corrected chi connectivity index (χ2v) is 7.37. The fourth-order valence-corrected chi connectivity index (χ4v) is 3.41. The first-order valence-corrected chi connectivity index (χ1v) is 10.4. The van der Waals surface area contributed by atoms with Gasteiger partial charge in [0.1, 0.15) is 0 Å². The Kier molecular flexibility index (Phi) is 9.94. The van der Waals surface area contributed by atoms with Crippen LogP contribution >= 0.6 is 0 Å². The van der Waals surface area contributed by atoms with Gasteiger partial charge in [0.2, 0.25) is 5.91 Å². The number of benzene rings is 2. The normalized spacial score (nSPS) is 13.2. The van der Waals surface area contributed by atoms with Gasteiger partial charge in [0, 0.05) is 25.4 Å². The van der Waals surface area contributed by atoms with Gasteiger partial charge in [-0.25, -0.2) is 0 Å². The number of nitrogens with zero attached hydrogens (tertiary/aromatic N) is 1. The van der Waals surface area contributed by atoms with E-state index < -0.39 is 6.10 Å². The van der Waals surface area contributed by atoms with Gasteiger partial charge in [0.25, 0.3) is 0 Å². The molecule has 0 aromatic heterocycles. The van der Waals surface area contributed by atoms with Gasteiger partial charge in [-0.3, -0.25) is 4.79 Å². The Balaban J connectivity index is 1.99. The van der Waals surface area contributed by atoms with Crippen molar-refractivity contribution in [3.05, 3.63) is 96.6 Å². The van der Waals surface area contributed by atoms with Crippen molar-refractivity contribution in [2.24, 2.45) is 5.92 Å². The van der Waals surface area contributed by atoms with E-state index in [1.807, 2.05) is 84.6 Å². The van der Waals surface area contributed by atoms with E-state index in [9.17, 15) is 9.90 Å². The van der Waals surface area contributed by atoms with E-state index >= 15 is 0 Å². The fourth-order valence-electron chi connectivity index (χ4n) is 3.41. The number of aliphatic hydroxyl groups is 1.